The van der Waals surface area contributed by atoms with Gasteiger partial charge < -0.3 is 15.3 Å². The average Bonchev–Trinajstić information content (AvgIpc) is 2.17. The zero-order valence-electron chi connectivity index (χ0n) is 7.80. The van der Waals surface area contributed by atoms with Crippen LogP contribution in [0.3, 0.4) is 0 Å². The van der Waals surface area contributed by atoms with Gasteiger partial charge in [0.2, 0.25) is 0 Å². The molecule has 0 heterocycles. The van der Waals surface area contributed by atoms with Crippen LogP contribution >= 0.6 is 0 Å². The Bertz CT molecular complexity index is 336. The summed E-state index contributed by atoms with van der Waals surface area (Å²) in [7, 11) is 0. The number of aliphatic hydroxyl groups excluding tert-OH is 2. The molecule has 1 aromatic rings. The van der Waals surface area contributed by atoms with Crippen molar-refractivity contribution in [3.05, 3.63) is 35.6 Å². The van der Waals surface area contributed by atoms with E-state index in [1.807, 2.05) is 0 Å². The molecule has 0 saturated carbocycles. The predicted octanol–water partition coefficient (Wildman–Crippen LogP) is 0.695. The lowest BCUT2D eigenvalue weighted by atomic mass is 10.0. The normalized spacial score (nSPS) is 14.6. The fraction of sp³-hybridized carbons (Fsp3) is 0.300. The Morgan fingerprint density at radius 1 is 1.27 bits per heavy atom. The number of hydrogen-bond acceptors (Lipinski definition) is 3. The number of carboxylic acids is 1. The molecule has 0 aliphatic carbocycles. The van der Waals surface area contributed by atoms with E-state index in [1.165, 1.54) is 12.1 Å². The van der Waals surface area contributed by atoms with Crippen LogP contribution < -0.4 is 0 Å². The molecule has 4 nitrogen and oxygen atoms in total. The second-order valence-corrected chi connectivity index (χ2v) is 3.16. The van der Waals surface area contributed by atoms with Crippen LogP contribution in [0.25, 0.3) is 0 Å². The van der Waals surface area contributed by atoms with Gasteiger partial charge in [-0.2, -0.15) is 0 Å². The molecule has 1 aromatic carbocycles. The molecule has 2 unspecified atom stereocenters. The highest BCUT2D eigenvalue weighted by Gasteiger charge is 2.20. The van der Waals surface area contributed by atoms with Gasteiger partial charge in [-0.3, -0.25) is 4.79 Å². The van der Waals surface area contributed by atoms with Crippen molar-refractivity contribution in [2.24, 2.45) is 0 Å². The Labute approximate surface area is 85.6 Å². The first-order chi connectivity index (χ1) is 7.00. The molecule has 0 spiro atoms. The van der Waals surface area contributed by atoms with Gasteiger partial charge in [-0.15, -0.1) is 0 Å². The van der Waals surface area contributed by atoms with Gasteiger partial charge >= 0.3 is 5.97 Å². The van der Waals surface area contributed by atoms with E-state index in [9.17, 15) is 19.4 Å². The van der Waals surface area contributed by atoms with Gasteiger partial charge in [0.25, 0.3) is 0 Å². The third-order valence-corrected chi connectivity index (χ3v) is 1.96. The van der Waals surface area contributed by atoms with Crippen molar-refractivity contribution in [2.75, 3.05) is 0 Å². The minimum Gasteiger partial charge on any atom is -0.481 e. The minimum atomic E-state index is -1.40. The van der Waals surface area contributed by atoms with Gasteiger partial charge in [0.15, 0.2) is 0 Å². The van der Waals surface area contributed by atoms with Gasteiger partial charge in [-0.25, -0.2) is 4.39 Å². The quantitative estimate of drug-likeness (QED) is 0.689. The molecular weight excluding hydrogens is 203 g/mol. The van der Waals surface area contributed by atoms with E-state index in [-0.39, 0.29) is 5.56 Å². The molecule has 0 saturated heterocycles. The summed E-state index contributed by atoms with van der Waals surface area (Å²) in [6, 6.07) is 4.86. The molecule has 0 bridgehead atoms. The lowest BCUT2D eigenvalue weighted by molar-refractivity contribution is -0.141. The molecule has 0 amide bonds. The number of benzene rings is 1. The maximum atomic E-state index is 12.5. The number of carboxylic acid groups (broad SMARTS) is 1. The van der Waals surface area contributed by atoms with Crippen molar-refractivity contribution >= 4 is 5.97 Å². The second-order valence-electron chi connectivity index (χ2n) is 3.16. The van der Waals surface area contributed by atoms with E-state index in [1.54, 1.807) is 0 Å². The van der Waals surface area contributed by atoms with Crippen molar-refractivity contribution in [3.8, 4) is 0 Å². The van der Waals surface area contributed by atoms with Gasteiger partial charge in [-0.1, -0.05) is 12.1 Å². The van der Waals surface area contributed by atoms with Crippen LogP contribution in [0.1, 0.15) is 18.1 Å². The molecule has 1 rings (SSSR count). The van der Waals surface area contributed by atoms with E-state index >= 15 is 0 Å². The van der Waals surface area contributed by atoms with E-state index in [4.69, 9.17) is 5.11 Å². The van der Waals surface area contributed by atoms with E-state index in [0.29, 0.717) is 0 Å². The number of rotatable bonds is 4. The van der Waals surface area contributed by atoms with Crippen LogP contribution in [0.5, 0.6) is 0 Å². The first-order valence-corrected chi connectivity index (χ1v) is 4.34. The fourth-order valence-electron chi connectivity index (χ4n) is 1.17. The van der Waals surface area contributed by atoms with Crippen molar-refractivity contribution in [1.29, 1.82) is 0 Å². The fourth-order valence-corrected chi connectivity index (χ4v) is 1.17. The standard InChI is InChI=1S/C10H11FO4/c11-7-3-1-6(2-4-7)10(15)8(12)5-9(13)14/h1-4,8,10,12,15H,5H2,(H,13,14). The van der Waals surface area contributed by atoms with Crippen molar-refractivity contribution in [2.45, 2.75) is 18.6 Å². The summed E-state index contributed by atoms with van der Waals surface area (Å²) in [5, 5.41) is 27.2. The van der Waals surface area contributed by atoms with Gasteiger partial charge in [-0.05, 0) is 17.7 Å². The smallest absolute Gasteiger partial charge is 0.306 e. The highest BCUT2D eigenvalue weighted by molar-refractivity contribution is 5.67. The van der Waals surface area contributed by atoms with Crippen molar-refractivity contribution in [3.63, 3.8) is 0 Å². The molecule has 82 valence electrons. The Morgan fingerprint density at radius 3 is 2.27 bits per heavy atom. The van der Waals surface area contributed by atoms with Gasteiger partial charge in [0.05, 0.1) is 12.5 Å². The molecule has 0 aliphatic rings. The van der Waals surface area contributed by atoms with E-state index in [2.05, 4.69) is 0 Å². The largest absolute Gasteiger partial charge is 0.481 e. The summed E-state index contributed by atoms with van der Waals surface area (Å²) in [6.45, 7) is 0. The number of halogens is 1. The van der Waals surface area contributed by atoms with Crippen LogP contribution in [-0.2, 0) is 4.79 Å². The molecule has 5 heteroatoms. The average molecular weight is 214 g/mol. The SMILES string of the molecule is O=C(O)CC(O)C(O)c1ccc(F)cc1. The highest BCUT2D eigenvalue weighted by atomic mass is 19.1. The molecule has 15 heavy (non-hydrogen) atoms. The van der Waals surface area contributed by atoms with E-state index < -0.39 is 30.4 Å². The maximum Gasteiger partial charge on any atom is 0.306 e. The Kier molecular flexibility index (Phi) is 3.76. The maximum absolute atomic E-state index is 12.5. The van der Waals surface area contributed by atoms with Crippen molar-refractivity contribution in [1.82, 2.24) is 0 Å². The second kappa shape index (κ2) is 4.86. The zero-order chi connectivity index (χ0) is 11.4. The van der Waals surface area contributed by atoms with Gasteiger partial charge in [0, 0.05) is 0 Å². The molecule has 0 aromatic heterocycles. The molecule has 0 radical (unpaired) electrons. The first-order valence-electron chi connectivity index (χ1n) is 4.34. The topological polar surface area (TPSA) is 77.8 Å². The molecular formula is C10H11FO4. The molecule has 2 atom stereocenters. The third-order valence-electron chi connectivity index (χ3n) is 1.96. The first kappa shape index (κ1) is 11.6. The number of aliphatic carboxylic acids is 1. The zero-order valence-corrected chi connectivity index (χ0v) is 7.80. The highest BCUT2D eigenvalue weighted by Crippen LogP contribution is 2.19. The number of carbonyl (C=O) groups is 1. The molecule has 3 N–H and O–H groups in total. The Hall–Kier alpha value is -1.46. The van der Waals surface area contributed by atoms with Crippen LogP contribution in [0.15, 0.2) is 24.3 Å². The van der Waals surface area contributed by atoms with Crippen LogP contribution in [0.2, 0.25) is 0 Å². The predicted molar refractivity (Wildman–Crippen MR) is 49.6 cm³/mol. The lowest BCUT2D eigenvalue weighted by Gasteiger charge is -2.16. The number of hydrogen-bond donors (Lipinski definition) is 3. The van der Waals surface area contributed by atoms with Crippen molar-refractivity contribution < 1.29 is 24.5 Å². The summed E-state index contributed by atoms with van der Waals surface area (Å²) >= 11 is 0. The summed E-state index contributed by atoms with van der Waals surface area (Å²) in [4.78, 5) is 10.3. The van der Waals surface area contributed by atoms with Gasteiger partial charge in [0.1, 0.15) is 11.9 Å². The monoisotopic (exact) mass is 214 g/mol. The number of aliphatic hydroxyl groups is 2. The Morgan fingerprint density at radius 2 is 1.80 bits per heavy atom. The van der Waals surface area contributed by atoms with Crippen LogP contribution in [0, 0.1) is 5.82 Å². The molecule has 0 fully saturated rings. The Balaban J connectivity index is 2.71. The summed E-state index contributed by atoms with van der Waals surface area (Å²) < 4.78 is 12.5. The lowest BCUT2D eigenvalue weighted by Crippen LogP contribution is -2.21. The van der Waals surface area contributed by atoms with Crippen LogP contribution in [0.4, 0.5) is 4.39 Å². The molecule has 0 aliphatic heterocycles. The summed E-state index contributed by atoms with van der Waals surface area (Å²) in [5.74, 6) is -1.66. The summed E-state index contributed by atoms with van der Waals surface area (Å²) in [5.41, 5.74) is 0.283. The minimum absolute atomic E-state index is 0.283. The van der Waals surface area contributed by atoms with E-state index in [0.717, 1.165) is 12.1 Å². The summed E-state index contributed by atoms with van der Waals surface area (Å²) in [6.07, 6.45) is -3.27. The van der Waals surface area contributed by atoms with Crippen LogP contribution in [-0.4, -0.2) is 27.4 Å². The third kappa shape index (κ3) is 3.30.